The predicted molar refractivity (Wildman–Crippen MR) is 93.8 cm³/mol. The first-order valence-electron chi connectivity index (χ1n) is 8.43. The average Bonchev–Trinajstić information content (AvgIpc) is 2.54. The molecule has 2 unspecified atom stereocenters. The molecule has 0 fully saturated rings. The van der Waals surface area contributed by atoms with E-state index in [9.17, 15) is 0 Å². The molecule has 21 heavy (non-hydrogen) atoms. The molecule has 2 rings (SSSR count). The van der Waals surface area contributed by atoms with Crippen molar-refractivity contribution in [3.05, 3.63) is 48.0 Å². The van der Waals surface area contributed by atoms with Gasteiger partial charge in [0.1, 0.15) is 0 Å². The van der Waals surface area contributed by atoms with Gasteiger partial charge in [0.05, 0.1) is 0 Å². The summed E-state index contributed by atoms with van der Waals surface area (Å²) in [6, 6.07) is 16.1. The van der Waals surface area contributed by atoms with Gasteiger partial charge in [-0.05, 0) is 42.1 Å². The lowest BCUT2D eigenvalue weighted by Gasteiger charge is -2.26. The Bertz CT molecular complexity index is 546. The molecule has 114 valence electrons. The van der Waals surface area contributed by atoms with E-state index < -0.39 is 0 Å². The normalized spacial score (nSPS) is 14.2. The summed E-state index contributed by atoms with van der Waals surface area (Å²) < 4.78 is 0. The van der Waals surface area contributed by atoms with Crippen molar-refractivity contribution in [1.29, 1.82) is 0 Å². The fraction of sp³-hybridized carbons (Fsp3) is 0.500. The van der Waals surface area contributed by atoms with Gasteiger partial charge in [0.2, 0.25) is 0 Å². The number of nitrogens with one attached hydrogen (secondary N) is 1. The van der Waals surface area contributed by atoms with Crippen LogP contribution in [0.5, 0.6) is 0 Å². The maximum Gasteiger partial charge on any atom is 0.0133 e. The maximum absolute atomic E-state index is 3.56. The topological polar surface area (TPSA) is 12.0 Å². The molecule has 1 heteroatoms. The molecule has 2 atom stereocenters. The highest BCUT2D eigenvalue weighted by atomic mass is 14.9. The summed E-state index contributed by atoms with van der Waals surface area (Å²) in [4.78, 5) is 0. The van der Waals surface area contributed by atoms with E-state index in [0.717, 1.165) is 12.3 Å². The van der Waals surface area contributed by atoms with E-state index in [1.165, 1.54) is 42.0 Å². The lowest BCUT2D eigenvalue weighted by molar-refractivity contribution is 0.330. The van der Waals surface area contributed by atoms with Crippen molar-refractivity contribution in [2.45, 2.75) is 52.0 Å². The molecule has 0 bridgehead atoms. The van der Waals surface area contributed by atoms with Crippen molar-refractivity contribution in [3.63, 3.8) is 0 Å². The van der Waals surface area contributed by atoms with Crippen LogP contribution in [0.3, 0.4) is 0 Å². The van der Waals surface area contributed by atoms with Gasteiger partial charge in [-0.3, -0.25) is 0 Å². The lowest BCUT2D eigenvalue weighted by Crippen LogP contribution is -2.35. The van der Waals surface area contributed by atoms with E-state index in [1.54, 1.807) is 0 Å². The third-order valence-corrected chi connectivity index (χ3v) is 4.66. The fourth-order valence-electron chi connectivity index (χ4n) is 3.28. The van der Waals surface area contributed by atoms with Crippen LogP contribution in [-0.2, 0) is 6.42 Å². The fourth-order valence-corrected chi connectivity index (χ4v) is 3.28. The Labute approximate surface area is 129 Å². The van der Waals surface area contributed by atoms with Crippen molar-refractivity contribution in [2.24, 2.45) is 5.92 Å². The highest BCUT2D eigenvalue weighted by Gasteiger charge is 2.18. The Morgan fingerprint density at radius 1 is 1.00 bits per heavy atom. The van der Waals surface area contributed by atoms with Crippen LogP contribution in [0.4, 0.5) is 0 Å². The molecule has 0 radical (unpaired) electrons. The Morgan fingerprint density at radius 2 is 1.76 bits per heavy atom. The molecule has 0 aromatic heterocycles. The number of unbranched alkanes of at least 4 members (excludes halogenated alkanes) is 1. The van der Waals surface area contributed by atoms with Crippen LogP contribution in [0.25, 0.3) is 10.8 Å². The van der Waals surface area contributed by atoms with E-state index in [2.05, 4.69) is 68.7 Å². The summed E-state index contributed by atoms with van der Waals surface area (Å²) in [7, 11) is 2.11. The average molecular weight is 283 g/mol. The zero-order chi connectivity index (χ0) is 15.1. The SMILES string of the molecule is CCCCC(CC)C(Cc1ccc2ccccc2c1)NC. The minimum atomic E-state index is 0.586. The zero-order valence-corrected chi connectivity index (χ0v) is 13.7. The Morgan fingerprint density at radius 3 is 2.43 bits per heavy atom. The van der Waals surface area contributed by atoms with E-state index >= 15 is 0 Å². The highest BCUT2D eigenvalue weighted by molar-refractivity contribution is 5.82. The molecule has 2 aromatic rings. The molecule has 1 N–H and O–H groups in total. The van der Waals surface area contributed by atoms with E-state index in [4.69, 9.17) is 0 Å². The molecular formula is C20H29N. The lowest BCUT2D eigenvalue weighted by atomic mass is 9.87. The molecule has 0 aliphatic carbocycles. The number of fused-ring (bicyclic) bond motifs is 1. The summed E-state index contributed by atoms with van der Waals surface area (Å²) in [5, 5.41) is 6.25. The standard InChI is InChI=1S/C20H29N/c1-4-6-9-17(5-2)20(21-3)15-16-12-13-18-10-7-8-11-19(18)14-16/h7-8,10-14,17,20-21H,4-6,9,15H2,1-3H3. The molecule has 0 heterocycles. The van der Waals surface area contributed by atoms with Crippen molar-refractivity contribution in [2.75, 3.05) is 7.05 Å². The van der Waals surface area contributed by atoms with Crippen molar-refractivity contribution >= 4 is 10.8 Å². The molecule has 0 amide bonds. The summed E-state index contributed by atoms with van der Waals surface area (Å²) >= 11 is 0. The number of likely N-dealkylation sites (N-methyl/N-ethyl adjacent to an activating group) is 1. The van der Waals surface area contributed by atoms with Crippen LogP contribution in [0.2, 0.25) is 0 Å². The Hall–Kier alpha value is -1.34. The smallest absolute Gasteiger partial charge is 0.0133 e. The third kappa shape index (κ3) is 4.31. The monoisotopic (exact) mass is 283 g/mol. The molecular weight excluding hydrogens is 254 g/mol. The molecule has 0 spiro atoms. The molecule has 2 aromatic carbocycles. The van der Waals surface area contributed by atoms with Crippen LogP contribution in [0.1, 0.15) is 45.1 Å². The first-order valence-corrected chi connectivity index (χ1v) is 8.43. The zero-order valence-electron chi connectivity index (χ0n) is 13.7. The summed E-state index contributed by atoms with van der Waals surface area (Å²) in [5.74, 6) is 0.779. The third-order valence-electron chi connectivity index (χ3n) is 4.66. The molecule has 1 nitrogen and oxygen atoms in total. The minimum Gasteiger partial charge on any atom is -0.316 e. The molecule has 0 saturated heterocycles. The Kier molecular flexibility index (Phi) is 6.25. The summed E-state index contributed by atoms with van der Waals surface area (Å²) in [6.45, 7) is 4.61. The molecule has 0 saturated carbocycles. The largest absolute Gasteiger partial charge is 0.316 e. The number of hydrogen-bond acceptors (Lipinski definition) is 1. The second kappa shape index (κ2) is 8.19. The second-order valence-electron chi connectivity index (χ2n) is 6.09. The van der Waals surface area contributed by atoms with Gasteiger partial charge in [-0.1, -0.05) is 75.6 Å². The number of benzene rings is 2. The molecule has 0 aliphatic heterocycles. The van der Waals surface area contributed by atoms with Gasteiger partial charge in [-0.25, -0.2) is 0 Å². The van der Waals surface area contributed by atoms with Gasteiger partial charge in [-0.15, -0.1) is 0 Å². The summed E-state index contributed by atoms with van der Waals surface area (Å²) in [6.07, 6.45) is 6.37. The quantitative estimate of drug-likeness (QED) is 0.703. The first-order chi connectivity index (χ1) is 10.3. The van der Waals surface area contributed by atoms with E-state index in [-0.39, 0.29) is 0 Å². The highest BCUT2D eigenvalue weighted by Crippen LogP contribution is 2.22. The first kappa shape index (κ1) is 16.0. The second-order valence-corrected chi connectivity index (χ2v) is 6.09. The Balaban J connectivity index is 2.11. The van der Waals surface area contributed by atoms with Gasteiger partial charge >= 0.3 is 0 Å². The van der Waals surface area contributed by atoms with Crippen LogP contribution >= 0.6 is 0 Å². The van der Waals surface area contributed by atoms with Crippen LogP contribution in [0, 0.1) is 5.92 Å². The van der Waals surface area contributed by atoms with Crippen LogP contribution < -0.4 is 5.32 Å². The summed E-state index contributed by atoms with van der Waals surface area (Å²) in [5.41, 5.74) is 1.45. The van der Waals surface area contributed by atoms with E-state index in [0.29, 0.717) is 6.04 Å². The van der Waals surface area contributed by atoms with Gasteiger partial charge in [0.15, 0.2) is 0 Å². The predicted octanol–water partition coefficient (Wildman–Crippen LogP) is 5.19. The molecule has 0 aliphatic rings. The van der Waals surface area contributed by atoms with Gasteiger partial charge in [0, 0.05) is 6.04 Å². The van der Waals surface area contributed by atoms with Gasteiger partial charge < -0.3 is 5.32 Å². The van der Waals surface area contributed by atoms with Crippen LogP contribution in [0.15, 0.2) is 42.5 Å². The van der Waals surface area contributed by atoms with Crippen molar-refractivity contribution in [1.82, 2.24) is 5.32 Å². The number of hydrogen-bond donors (Lipinski definition) is 1. The van der Waals surface area contributed by atoms with Crippen LogP contribution in [-0.4, -0.2) is 13.1 Å². The van der Waals surface area contributed by atoms with Gasteiger partial charge in [0.25, 0.3) is 0 Å². The number of rotatable bonds is 8. The van der Waals surface area contributed by atoms with Crippen molar-refractivity contribution in [3.8, 4) is 0 Å². The van der Waals surface area contributed by atoms with Gasteiger partial charge in [-0.2, -0.15) is 0 Å². The minimum absolute atomic E-state index is 0.586. The maximum atomic E-state index is 3.56. The van der Waals surface area contributed by atoms with E-state index in [1.807, 2.05) is 0 Å². The van der Waals surface area contributed by atoms with Crippen molar-refractivity contribution < 1.29 is 0 Å².